The minimum Gasteiger partial charge on any atom is -0.424 e. The van der Waals surface area contributed by atoms with Crippen LogP contribution in [0.15, 0.2) is 4.42 Å². The number of hydrogen-bond donors (Lipinski definition) is 1. The molecule has 0 bridgehead atoms. The normalized spacial score (nSPS) is 16.9. The lowest BCUT2D eigenvalue weighted by Gasteiger charge is -2.23. The quantitative estimate of drug-likeness (QED) is 0.774. The highest BCUT2D eigenvalue weighted by atomic mass is 16.4. The molecule has 1 saturated carbocycles. The minimum absolute atomic E-state index is 0.689. The van der Waals surface area contributed by atoms with Crippen molar-refractivity contribution in [3.05, 3.63) is 11.8 Å². The van der Waals surface area contributed by atoms with Crippen molar-refractivity contribution in [2.75, 3.05) is 6.54 Å². The molecule has 78 valence electrons. The molecule has 0 amide bonds. The van der Waals surface area contributed by atoms with E-state index in [4.69, 9.17) is 4.42 Å². The third kappa shape index (κ3) is 2.32. The van der Waals surface area contributed by atoms with Crippen LogP contribution in [0.3, 0.4) is 0 Å². The van der Waals surface area contributed by atoms with E-state index < -0.39 is 0 Å². The van der Waals surface area contributed by atoms with Crippen LogP contribution < -0.4 is 5.32 Å². The Kier molecular flexibility index (Phi) is 3.14. The molecule has 0 saturated heterocycles. The van der Waals surface area contributed by atoms with Crippen molar-refractivity contribution in [1.82, 2.24) is 15.5 Å². The second kappa shape index (κ2) is 4.55. The highest BCUT2D eigenvalue weighted by molar-refractivity contribution is 4.86. The summed E-state index contributed by atoms with van der Waals surface area (Å²) in [4.78, 5) is 0. The van der Waals surface area contributed by atoms with E-state index in [2.05, 4.69) is 22.4 Å². The maximum Gasteiger partial charge on any atom is 0.230 e. The number of nitrogens with one attached hydrogen (secondary N) is 1. The Bertz CT molecular complexity index is 281. The molecule has 1 heterocycles. The Labute approximate surface area is 84.1 Å². The van der Waals surface area contributed by atoms with E-state index in [9.17, 15) is 0 Å². The lowest BCUT2D eigenvalue weighted by molar-refractivity contribution is 0.286. The molecule has 0 aromatic carbocycles. The van der Waals surface area contributed by atoms with E-state index in [-0.39, 0.29) is 0 Å². The zero-order chi connectivity index (χ0) is 9.80. The van der Waals surface area contributed by atoms with E-state index in [0.29, 0.717) is 12.4 Å². The fourth-order valence-electron chi connectivity index (χ4n) is 1.62. The van der Waals surface area contributed by atoms with Gasteiger partial charge in [-0.3, -0.25) is 0 Å². The van der Waals surface area contributed by atoms with E-state index in [0.717, 1.165) is 24.8 Å². The van der Waals surface area contributed by atoms with Crippen LogP contribution in [0.5, 0.6) is 0 Å². The predicted octanol–water partition coefficient (Wildman–Crippen LogP) is 1.52. The molecule has 0 unspecified atom stereocenters. The van der Waals surface area contributed by atoms with Gasteiger partial charge in [-0.1, -0.05) is 13.3 Å². The summed E-state index contributed by atoms with van der Waals surface area (Å²) >= 11 is 0. The summed E-state index contributed by atoms with van der Waals surface area (Å²) in [5, 5.41) is 11.2. The third-order valence-corrected chi connectivity index (χ3v) is 2.72. The fourth-order valence-corrected chi connectivity index (χ4v) is 1.62. The number of rotatable bonds is 5. The summed E-state index contributed by atoms with van der Waals surface area (Å²) in [5.41, 5.74) is 0. The van der Waals surface area contributed by atoms with Gasteiger partial charge in [0.25, 0.3) is 0 Å². The van der Waals surface area contributed by atoms with Gasteiger partial charge in [0.15, 0.2) is 0 Å². The molecule has 1 aromatic heterocycles. The average Bonchev–Trinajstić information content (AvgIpc) is 2.56. The molecule has 1 aliphatic rings. The maximum absolute atomic E-state index is 5.51. The second-order valence-corrected chi connectivity index (χ2v) is 3.87. The first-order chi connectivity index (χ1) is 6.88. The predicted molar refractivity (Wildman–Crippen MR) is 52.7 cm³/mol. The smallest absolute Gasteiger partial charge is 0.230 e. The molecular weight excluding hydrogens is 178 g/mol. The second-order valence-electron chi connectivity index (χ2n) is 3.87. The van der Waals surface area contributed by atoms with Crippen LogP contribution in [0, 0.1) is 5.92 Å². The molecule has 4 heteroatoms. The van der Waals surface area contributed by atoms with Gasteiger partial charge in [-0.25, -0.2) is 0 Å². The van der Waals surface area contributed by atoms with Crippen LogP contribution in [0.2, 0.25) is 0 Å². The monoisotopic (exact) mass is 195 g/mol. The summed E-state index contributed by atoms with van der Waals surface area (Å²) < 4.78 is 5.51. The van der Waals surface area contributed by atoms with Gasteiger partial charge in [0, 0.05) is 6.42 Å². The van der Waals surface area contributed by atoms with E-state index in [1.54, 1.807) is 0 Å². The molecule has 1 N–H and O–H groups in total. The third-order valence-electron chi connectivity index (χ3n) is 2.72. The Morgan fingerprint density at radius 1 is 1.36 bits per heavy atom. The van der Waals surface area contributed by atoms with Gasteiger partial charge in [0.05, 0.1) is 6.54 Å². The van der Waals surface area contributed by atoms with Crippen molar-refractivity contribution in [2.45, 2.75) is 39.2 Å². The Hall–Kier alpha value is -0.900. The van der Waals surface area contributed by atoms with Crippen LogP contribution in [0.25, 0.3) is 0 Å². The molecule has 2 rings (SSSR count). The van der Waals surface area contributed by atoms with E-state index in [1.807, 2.05) is 0 Å². The minimum atomic E-state index is 0.689. The number of aromatic nitrogens is 2. The van der Waals surface area contributed by atoms with E-state index in [1.165, 1.54) is 19.3 Å². The summed E-state index contributed by atoms with van der Waals surface area (Å²) in [6.07, 6.45) is 4.98. The molecule has 0 radical (unpaired) electrons. The highest BCUT2D eigenvalue weighted by Gasteiger charge is 2.20. The molecule has 1 fully saturated rings. The topological polar surface area (TPSA) is 51.0 Å². The standard InChI is InChI=1S/C10H17N3O/c1-2-11-7-10-13-12-9(14-10)6-8-4-3-5-8/h8,11H,2-7H2,1H3. The van der Waals surface area contributed by atoms with Crippen molar-refractivity contribution in [2.24, 2.45) is 5.92 Å². The summed E-state index contributed by atoms with van der Waals surface area (Å²) in [7, 11) is 0. The highest BCUT2D eigenvalue weighted by Crippen LogP contribution is 2.29. The molecular formula is C10H17N3O. The lowest BCUT2D eigenvalue weighted by atomic mass is 9.83. The van der Waals surface area contributed by atoms with Crippen LogP contribution in [-0.2, 0) is 13.0 Å². The molecule has 4 nitrogen and oxygen atoms in total. The van der Waals surface area contributed by atoms with Gasteiger partial charge < -0.3 is 9.73 Å². The van der Waals surface area contributed by atoms with Crippen molar-refractivity contribution in [1.29, 1.82) is 0 Å². The Balaban J connectivity index is 1.82. The van der Waals surface area contributed by atoms with E-state index >= 15 is 0 Å². The Morgan fingerprint density at radius 2 is 2.14 bits per heavy atom. The zero-order valence-corrected chi connectivity index (χ0v) is 8.62. The lowest BCUT2D eigenvalue weighted by Crippen LogP contribution is -2.13. The van der Waals surface area contributed by atoms with Gasteiger partial charge in [-0.2, -0.15) is 0 Å². The van der Waals surface area contributed by atoms with Gasteiger partial charge in [0.2, 0.25) is 11.8 Å². The van der Waals surface area contributed by atoms with Gasteiger partial charge >= 0.3 is 0 Å². The largest absolute Gasteiger partial charge is 0.424 e. The van der Waals surface area contributed by atoms with Crippen LogP contribution in [-0.4, -0.2) is 16.7 Å². The van der Waals surface area contributed by atoms with Crippen molar-refractivity contribution in [3.63, 3.8) is 0 Å². The first-order valence-electron chi connectivity index (χ1n) is 5.40. The molecule has 0 aliphatic heterocycles. The van der Waals surface area contributed by atoms with Crippen LogP contribution in [0.1, 0.15) is 38.0 Å². The molecule has 14 heavy (non-hydrogen) atoms. The molecule has 1 aromatic rings. The van der Waals surface area contributed by atoms with Crippen molar-refractivity contribution in [3.8, 4) is 0 Å². The van der Waals surface area contributed by atoms with Crippen molar-refractivity contribution < 1.29 is 4.42 Å². The van der Waals surface area contributed by atoms with Gasteiger partial charge in [0.1, 0.15) is 0 Å². The Morgan fingerprint density at radius 3 is 2.79 bits per heavy atom. The molecule has 0 atom stereocenters. The molecule has 1 aliphatic carbocycles. The average molecular weight is 195 g/mol. The zero-order valence-electron chi connectivity index (χ0n) is 8.62. The maximum atomic E-state index is 5.51. The van der Waals surface area contributed by atoms with Crippen molar-refractivity contribution >= 4 is 0 Å². The van der Waals surface area contributed by atoms with Crippen LogP contribution >= 0.6 is 0 Å². The SMILES string of the molecule is CCNCc1nnc(CC2CCC2)o1. The first kappa shape index (κ1) is 9.65. The fraction of sp³-hybridized carbons (Fsp3) is 0.800. The van der Waals surface area contributed by atoms with Gasteiger partial charge in [-0.05, 0) is 25.3 Å². The molecule has 0 spiro atoms. The van der Waals surface area contributed by atoms with Gasteiger partial charge in [-0.15, -0.1) is 10.2 Å². The summed E-state index contributed by atoms with van der Waals surface area (Å²) in [6.45, 7) is 3.68. The first-order valence-corrected chi connectivity index (χ1v) is 5.40. The summed E-state index contributed by atoms with van der Waals surface area (Å²) in [6, 6.07) is 0. The number of hydrogen-bond acceptors (Lipinski definition) is 4. The van der Waals surface area contributed by atoms with Crippen LogP contribution in [0.4, 0.5) is 0 Å². The summed E-state index contributed by atoms with van der Waals surface area (Å²) in [5.74, 6) is 2.31. The number of nitrogens with zero attached hydrogens (tertiary/aromatic N) is 2.